The molecule has 3 nitrogen and oxygen atoms in total. The molecule has 0 saturated heterocycles. The zero-order valence-corrected chi connectivity index (χ0v) is 13.5. The van der Waals surface area contributed by atoms with Gasteiger partial charge in [-0.15, -0.1) is 23.1 Å². The lowest BCUT2D eigenvalue weighted by atomic mass is 10.2. The summed E-state index contributed by atoms with van der Waals surface area (Å²) in [6, 6.07) is 10.3. The number of nitrogen functional groups attached to an aromatic ring is 1. The predicted molar refractivity (Wildman–Crippen MR) is 89.1 cm³/mol. The maximum Gasteiger partial charge on any atom is 0.171 e. The summed E-state index contributed by atoms with van der Waals surface area (Å²) in [7, 11) is 2.03. The summed E-state index contributed by atoms with van der Waals surface area (Å²) in [5.41, 5.74) is 7.94. The molecule has 2 aromatic rings. The second-order valence-electron chi connectivity index (χ2n) is 4.58. The second-order valence-corrected chi connectivity index (χ2v) is 6.40. The third-order valence-corrected chi connectivity index (χ3v) is 5.39. The number of nitrogens with zero attached hydrogens (tertiary/aromatic N) is 1. The molecule has 0 saturated carbocycles. The van der Waals surface area contributed by atoms with Crippen LogP contribution in [0.2, 0.25) is 0 Å². The van der Waals surface area contributed by atoms with Crippen molar-refractivity contribution in [3.63, 3.8) is 0 Å². The standard InChI is InChI=1S/C15H18N2OS2/c1-10(18)13-12(16)14(19-3)15(20-13)17(2)9-11-7-5-4-6-8-11/h4-8H,9,16H2,1-3H3. The van der Waals surface area contributed by atoms with Gasteiger partial charge in [-0.1, -0.05) is 30.3 Å². The number of thiophene rings is 1. The highest BCUT2D eigenvalue weighted by Crippen LogP contribution is 2.43. The summed E-state index contributed by atoms with van der Waals surface area (Å²) in [6.45, 7) is 2.36. The first-order valence-electron chi connectivity index (χ1n) is 6.26. The van der Waals surface area contributed by atoms with Gasteiger partial charge in [0.1, 0.15) is 5.00 Å². The number of hydrogen-bond acceptors (Lipinski definition) is 5. The second kappa shape index (κ2) is 6.33. The van der Waals surface area contributed by atoms with Gasteiger partial charge in [-0.25, -0.2) is 0 Å². The monoisotopic (exact) mass is 306 g/mol. The van der Waals surface area contributed by atoms with E-state index < -0.39 is 0 Å². The van der Waals surface area contributed by atoms with Crippen molar-refractivity contribution in [1.82, 2.24) is 0 Å². The van der Waals surface area contributed by atoms with E-state index in [1.165, 1.54) is 16.9 Å². The van der Waals surface area contributed by atoms with Crippen molar-refractivity contribution >= 4 is 39.6 Å². The van der Waals surface area contributed by atoms with Crippen molar-refractivity contribution in [3.8, 4) is 0 Å². The molecule has 0 unspecified atom stereocenters. The minimum Gasteiger partial charge on any atom is -0.396 e. The SMILES string of the molecule is CSc1c(N(C)Cc2ccccc2)sc(C(C)=O)c1N. The largest absolute Gasteiger partial charge is 0.396 e. The van der Waals surface area contributed by atoms with Crippen LogP contribution in [0.25, 0.3) is 0 Å². The Morgan fingerprint density at radius 1 is 1.35 bits per heavy atom. The molecule has 106 valence electrons. The fraction of sp³-hybridized carbons (Fsp3) is 0.267. The van der Waals surface area contributed by atoms with Crippen molar-refractivity contribution in [2.24, 2.45) is 0 Å². The fourth-order valence-electron chi connectivity index (χ4n) is 2.06. The van der Waals surface area contributed by atoms with Crippen LogP contribution >= 0.6 is 23.1 Å². The maximum absolute atomic E-state index is 11.6. The number of nitrogens with two attached hydrogens (primary N) is 1. The summed E-state index contributed by atoms with van der Waals surface area (Å²) in [6.07, 6.45) is 1.99. The molecule has 1 aromatic heterocycles. The highest BCUT2D eigenvalue weighted by molar-refractivity contribution is 7.99. The smallest absolute Gasteiger partial charge is 0.171 e. The molecule has 0 aliphatic rings. The zero-order chi connectivity index (χ0) is 14.7. The first-order valence-corrected chi connectivity index (χ1v) is 8.31. The van der Waals surface area contributed by atoms with E-state index in [0.29, 0.717) is 10.6 Å². The van der Waals surface area contributed by atoms with Gasteiger partial charge in [-0.2, -0.15) is 0 Å². The Hall–Kier alpha value is -1.46. The van der Waals surface area contributed by atoms with E-state index in [-0.39, 0.29) is 5.78 Å². The lowest BCUT2D eigenvalue weighted by Gasteiger charge is -2.18. The molecule has 1 aromatic carbocycles. The molecule has 2 rings (SSSR count). The number of hydrogen-bond donors (Lipinski definition) is 1. The topological polar surface area (TPSA) is 46.3 Å². The summed E-state index contributed by atoms with van der Waals surface area (Å²) in [5.74, 6) is 0.0298. The number of benzene rings is 1. The Labute approximate surface area is 127 Å². The molecule has 20 heavy (non-hydrogen) atoms. The maximum atomic E-state index is 11.6. The van der Waals surface area contributed by atoms with E-state index in [4.69, 9.17) is 5.73 Å². The quantitative estimate of drug-likeness (QED) is 0.672. The first kappa shape index (κ1) is 14.9. The molecule has 0 aliphatic carbocycles. The molecule has 0 spiro atoms. The molecule has 0 bridgehead atoms. The van der Waals surface area contributed by atoms with Crippen LogP contribution < -0.4 is 10.6 Å². The normalized spacial score (nSPS) is 10.6. The minimum atomic E-state index is 0.0298. The minimum absolute atomic E-state index is 0.0298. The molecule has 0 radical (unpaired) electrons. The molecule has 0 aliphatic heterocycles. The van der Waals surface area contributed by atoms with Crippen molar-refractivity contribution in [2.45, 2.75) is 18.4 Å². The lowest BCUT2D eigenvalue weighted by Crippen LogP contribution is -2.15. The van der Waals surface area contributed by atoms with Gasteiger partial charge in [0.15, 0.2) is 5.78 Å². The summed E-state index contributed by atoms with van der Waals surface area (Å²) in [5, 5.41) is 1.06. The average molecular weight is 306 g/mol. The molecule has 5 heteroatoms. The van der Waals surface area contributed by atoms with Crippen LogP contribution in [-0.4, -0.2) is 19.1 Å². The lowest BCUT2D eigenvalue weighted by molar-refractivity contribution is 0.102. The van der Waals surface area contributed by atoms with Crippen molar-refractivity contribution in [3.05, 3.63) is 40.8 Å². The van der Waals surface area contributed by atoms with E-state index in [9.17, 15) is 4.79 Å². The first-order chi connectivity index (χ1) is 9.54. The van der Waals surface area contributed by atoms with Crippen LogP contribution in [0.15, 0.2) is 35.2 Å². The molecule has 1 heterocycles. The van der Waals surface area contributed by atoms with Gasteiger partial charge in [0.25, 0.3) is 0 Å². The van der Waals surface area contributed by atoms with Crippen LogP contribution in [0.3, 0.4) is 0 Å². The highest BCUT2D eigenvalue weighted by atomic mass is 32.2. The van der Waals surface area contributed by atoms with Gasteiger partial charge >= 0.3 is 0 Å². The molecule has 0 amide bonds. The number of ketones is 1. The van der Waals surface area contributed by atoms with Gasteiger partial charge in [0.2, 0.25) is 0 Å². The third-order valence-electron chi connectivity index (χ3n) is 3.02. The Balaban J connectivity index is 2.32. The van der Waals surface area contributed by atoms with Crippen LogP contribution in [0.4, 0.5) is 10.7 Å². The van der Waals surface area contributed by atoms with Gasteiger partial charge in [-0.05, 0) is 11.8 Å². The number of carbonyl (C=O) groups is 1. The van der Waals surface area contributed by atoms with Crippen LogP contribution in [0.5, 0.6) is 0 Å². The van der Waals surface area contributed by atoms with Crippen LogP contribution in [-0.2, 0) is 6.54 Å². The van der Waals surface area contributed by atoms with Gasteiger partial charge in [0, 0.05) is 20.5 Å². The summed E-state index contributed by atoms with van der Waals surface area (Å²) >= 11 is 3.07. The number of rotatable bonds is 5. The van der Waals surface area contributed by atoms with Crippen LogP contribution in [0, 0.1) is 0 Å². The van der Waals surface area contributed by atoms with E-state index >= 15 is 0 Å². The predicted octanol–water partition coefficient (Wildman–Crippen LogP) is 3.89. The fourth-order valence-corrected chi connectivity index (χ4v) is 4.12. The third kappa shape index (κ3) is 2.99. The van der Waals surface area contributed by atoms with Gasteiger partial charge in [0.05, 0.1) is 15.5 Å². The van der Waals surface area contributed by atoms with E-state index in [1.54, 1.807) is 18.7 Å². The number of Topliss-reactive ketones (excluding diaryl/α,β-unsaturated/α-hetero) is 1. The Kier molecular flexibility index (Phi) is 4.73. The number of thioether (sulfide) groups is 1. The summed E-state index contributed by atoms with van der Waals surface area (Å²) < 4.78 is 0. The zero-order valence-electron chi connectivity index (χ0n) is 11.8. The number of carbonyl (C=O) groups excluding carboxylic acids is 1. The summed E-state index contributed by atoms with van der Waals surface area (Å²) in [4.78, 5) is 15.4. The van der Waals surface area contributed by atoms with E-state index in [2.05, 4.69) is 17.0 Å². The average Bonchev–Trinajstić information content (AvgIpc) is 2.77. The molecular formula is C15H18N2OS2. The van der Waals surface area contributed by atoms with Crippen molar-refractivity contribution in [1.29, 1.82) is 0 Å². The highest BCUT2D eigenvalue weighted by Gasteiger charge is 2.20. The Morgan fingerprint density at radius 2 is 2.00 bits per heavy atom. The van der Waals surface area contributed by atoms with Gasteiger partial charge in [-0.3, -0.25) is 4.79 Å². The van der Waals surface area contributed by atoms with Crippen molar-refractivity contribution in [2.75, 3.05) is 23.9 Å². The van der Waals surface area contributed by atoms with Gasteiger partial charge < -0.3 is 10.6 Å². The molecular weight excluding hydrogens is 288 g/mol. The molecule has 0 fully saturated rings. The molecule has 2 N–H and O–H groups in total. The van der Waals surface area contributed by atoms with Crippen molar-refractivity contribution < 1.29 is 4.79 Å². The van der Waals surface area contributed by atoms with E-state index in [1.807, 2.05) is 31.5 Å². The Morgan fingerprint density at radius 3 is 2.55 bits per heavy atom. The van der Waals surface area contributed by atoms with E-state index in [0.717, 1.165) is 16.4 Å². The number of anilines is 2. The van der Waals surface area contributed by atoms with Crippen LogP contribution in [0.1, 0.15) is 22.2 Å². The Bertz CT molecular complexity index is 608. The molecule has 0 atom stereocenters.